The first kappa shape index (κ1) is 14.9. The molecule has 21 heavy (non-hydrogen) atoms. The van der Waals surface area contributed by atoms with E-state index < -0.39 is 15.8 Å². The van der Waals surface area contributed by atoms with Crippen molar-refractivity contribution in [2.75, 3.05) is 10.5 Å². The SMILES string of the molecule is C#Cc1cccc(NS(=O)(=O)c2cc(N)cc(F)c2C)c1. The molecule has 0 bridgehead atoms. The maximum Gasteiger partial charge on any atom is 0.262 e. The van der Waals surface area contributed by atoms with E-state index in [0.29, 0.717) is 11.3 Å². The summed E-state index contributed by atoms with van der Waals surface area (Å²) in [5, 5.41) is 0. The molecule has 0 aliphatic carbocycles. The van der Waals surface area contributed by atoms with Crippen LogP contribution in [0.4, 0.5) is 15.8 Å². The number of halogens is 1. The number of nitrogens with two attached hydrogens (primary N) is 1. The van der Waals surface area contributed by atoms with Crippen molar-refractivity contribution in [2.24, 2.45) is 0 Å². The molecule has 2 aromatic carbocycles. The standard InChI is InChI=1S/C15H13FN2O2S/c1-3-11-5-4-6-13(7-11)18-21(19,20)15-9-12(17)8-14(16)10(15)2/h1,4-9,18H,17H2,2H3. The van der Waals surface area contributed by atoms with Crippen LogP contribution in [0.3, 0.4) is 0 Å². The van der Waals surface area contributed by atoms with E-state index in [9.17, 15) is 12.8 Å². The van der Waals surface area contributed by atoms with Crippen LogP contribution < -0.4 is 10.5 Å². The van der Waals surface area contributed by atoms with Gasteiger partial charge in [0.2, 0.25) is 0 Å². The van der Waals surface area contributed by atoms with E-state index in [0.717, 1.165) is 6.07 Å². The lowest BCUT2D eigenvalue weighted by atomic mass is 10.2. The van der Waals surface area contributed by atoms with Gasteiger partial charge in [0.1, 0.15) is 5.82 Å². The first-order chi connectivity index (χ1) is 9.83. The van der Waals surface area contributed by atoms with Gasteiger partial charge in [0.25, 0.3) is 10.0 Å². The lowest BCUT2D eigenvalue weighted by Gasteiger charge is -2.12. The summed E-state index contributed by atoms with van der Waals surface area (Å²) in [5.74, 6) is 1.73. The molecule has 2 rings (SSSR count). The average molecular weight is 304 g/mol. The Balaban J connectivity index is 2.46. The van der Waals surface area contributed by atoms with Crippen LogP contribution in [-0.4, -0.2) is 8.42 Å². The van der Waals surface area contributed by atoms with Crippen LogP contribution in [0.15, 0.2) is 41.3 Å². The summed E-state index contributed by atoms with van der Waals surface area (Å²) >= 11 is 0. The summed E-state index contributed by atoms with van der Waals surface area (Å²) in [7, 11) is -3.95. The molecule has 0 saturated carbocycles. The van der Waals surface area contributed by atoms with Gasteiger partial charge in [-0.2, -0.15) is 0 Å². The molecule has 0 unspecified atom stereocenters. The third kappa shape index (κ3) is 3.15. The molecule has 0 atom stereocenters. The number of benzene rings is 2. The van der Waals surface area contributed by atoms with E-state index in [1.54, 1.807) is 18.2 Å². The zero-order chi connectivity index (χ0) is 15.6. The highest BCUT2D eigenvalue weighted by atomic mass is 32.2. The zero-order valence-electron chi connectivity index (χ0n) is 11.2. The molecule has 0 radical (unpaired) electrons. The monoisotopic (exact) mass is 304 g/mol. The highest BCUT2D eigenvalue weighted by molar-refractivity contribution is 7.92. The van der Waals surface area contributed by atoms with E-state index in [1.165, 1.54) is 19.1 Å². The summed E-state index contributed by atoms with van der Waals surface area (Å²) < 4.78 is 40.7. The van der Waals surface area contributed by atoms with Crippen molar-refractivity contribution in [1.29, 1.82) is 0 Å². The normalized spacial score (nSPS) is 10.9. The molecule has 0 aromatic heterocycles. The molecule has 0 heterocycles. The van der Waals surface area contributed by atoms with Crippen molar-refractivity contribution in [3.05, 3.63) is 53.3 Å². The van der Waals surface area contributed by atoms with E-state index in [4.69, 9.17) is 12.2 Å². The highest BCUT2D eigenvalue weighted by Crippen LogP contribution is 2.24. The lowest BCUT2D eigenvalue weighted by Crippen LogP contribution is -2.15. The van der Waals surface area contributed by atoms with Gasteiger partial charge in [0.05, 0.1) is 10.6 Å². The maximum atomic E-state index is 13.6. The molecular formula is C15H13FN2O2S. The molecule has 3 N–H and O–H groups in total. The van der Waals surface area contributed by atoms with Gasteiger partial charge in [0.15, 0.2) is 0 Å². The zero-order valence-corrected chi connectivity index (χ0v) is 12.0. The molecular weight excluding hydrogens is 291 g/mol. The van der Waals surface area contributed by atoms with Crippen LogP contribution in [-0.2, 0) is 10.0 Å². The highest BCUT2D eigenvalue weighted by Gasteiger charge is 2.20. The van der Waals surface area contributed by atoms with Crippen molar-refractivity contribution in [2.45, 2.75) is 11.8 Å². The minimum absolute atomic E-state index is 0.00445. The quantitative estimate of drug-likeness (QED) is 0.676. The fourth-order valence-electron chi connectivity index (χ4n) is 1.84. The summed E-state index contributed by atoms with van der Waals surface area (Å²) in [6.45, 7) is 1.38. The molecule has 108 valence electrons. The Kier molecular flexibility index (Phi) is 3.87. The van der Waals surface area contributed by atoms with E-state index in [-0.39, 0.29) is 16.1 Å². The van der Waals surface area contributed by atoms with Gasteiger partial charge in [-0.25, -0.2) is 12.8 Å². The Hall–Kier alpha value is -2.52. The minimum atomic E-state index is -3.95. The summed E-state index contributed by atoms with van der Waals surface area (Å²) in [4.78, 5) is -0.203. The Morgan fingerprint density at radius 2 is 2.00 bits per heavy atom. The number of rotatable bonds is 3. The maximum absolute atomic E-state index is 13.6. The first-order valence-electron chi connectivity index (χ1n) is 5.98. The Bertz CT molecular complexity index is 839. The number of nitrogens with one attached hydrogen (secondary N) is 1. The fraction of sp³-hybridized carbons (Fsp3) is 0.0667. The fourth-order valence-corrected chi connectivity index (χ4v) is 3.17. The van der Waals surface area contributed by atoms with Crippen molar-refractivity contribution in [1.82, 2.24) is 0 Å². The van der Waals surface area contributed by atoms with Gasteiger partial charge in [-0.15, -0.1) is 6.42 Å². The van der Waals surface area contributed by atoms with Crippen LogP contribution in [0.2, 0.25) is 0 Å². The lowest BCUT2D eigenvalue weighted by molar-refractivity contribution is 0.591. The Morgan fingerprint density at radius 1 is 1.29 bits per heavy atom. The third-order valence-corrected chi connectivity index (χ3v) is 4.40. The minimum Gasteiger partial charge on any atom is -0.399 e. The van der Waals surface area contributed by atoms with Gasteiger partial charge in [0, 0.05) is 16.8 Å². The van der Waals surface area contributed by atoms with E-state index >= 15 is 0 Å². The van der Waals surface area contributed by atoms with Crippen LogP contribution in [0, 0.1) is 25.1 Å². The van der Waals surface area contributed by atoms with Gasteiger partial charge in [-0.1, -0.05) is 12.0 Å². The molecule has 0 saturated heterocycles. The largest absolute Gasteiger partial charge is 0.399 e. The Labute approximate surface area is 122 Å². The number of terminal acetylenes is 1. The molecule has 0 aliphatic heterocycles. The number of nitrogen functional groups attached to an aromatic ring is 1. The van der Waals surface area contributed by atoms with Crippen LogP contribution in [0.5, 0.6) is 0 Å². The molecule has 0 spiro atoms. The molecule has 0 amide bonds. The third-order valence-electron chi connectivity index (χ3n) is 2.89. The van der Waals surface area contributed by atoms with Crippen molar-refractivity contribution < 1.29 is 12.8 Å². The van der Waals surface area contributed by atoms with E-state index in [1.807, 2.05) is 0 Å². The molecule has 4 nitrogen and oxygen atoms in total. The van der Waals surface area contributed by atoms with Crippen LogP contribution >= 0.6 is 0 Å². The number of anilines is 2. The van der Waals surface area contributed by atoms with Crippen molar-refractivity contribution in [3.63, 3.8) is 0 Å². The molecule has 0 fully saturated rings. The second kappa shape index (κ2) is 5.46. The van der Waals surface area contributed by atoms with Crippen LogP contribution in [0.25, 0.3) is 0 Å². The number of hydrogen-bond acceptors (Lipinski definition) is 3. The number of hydrogen-bond donors (Lipinski definition) is 2. The number of sulfonamides is 1. The second-order valence-electron chi connectivity index (χ2n) is 4.46. The molecule has 2 aromatic rings. The average Bonchev–Trinajstić information content (AvgIpc) is 2.42. The van der Waals surface area contributed by atoms with Crippen LogP contribution in [0.1, 0.15) is 11.1 Å². The Morgan fingerprint density at radius 3 is 2.67 bits per heavy atom. The predicted octanol–water partition coefficient (Wildman–Crippen LogP) is 2.50. The van der Waals surface area contributed by atoms with Gasteiger partial charge < -0.3 is 5.73 Å². The predicted molar refractivity (Wildman–Crippen MR) is 80.7 cm³/mol. The smallest absolute Gasteiger partial charge is 0.262 e. The second-order valence-corrected chi connectivity index (χ2v) is 6.11. The molecule has 0 aliphatic rings. The molecule has 6 heteroatoms. The summed E-state index contributed by atoms with van der Waals surface area (Å²) in [6.07, 6.45) is 5.26. The van der Waals surface area contributed by atoms with Crippen molar-refractivity contribution in [3.8, 4) is 12.3 Å². The summed E-state index contributed by atoms with van der Waals surface area (Å²) in [5.41, 5.74) is 6.38. The topological polar surface area (TPSA) is 72.2 Å². The van der Waals surface area contributed by atoms with E-state index in [2.05, 4.69) is 10.6 Å². The van der Waals surface area contributed by atoms with Gasteiger partial charge >= 0.3 is 0 Å². The van der Waals surface area contributed by atoms with Gasteiger partial charge in [-0.05, 0) is 37.3 Å². The first-order valence-corrected chi connectivity index (χ1v) is 7.47. The van der Waals surface area contributed by atoms with Gasteiger partial charge in [-0.3, -0.25) is 4.72 Å². The summed E-state index contributed by atoms with van der Waals surface area (Å²) in [6, 6.07) is 8.65. The van der Waals surface area contributed by atoms with Crippen molar-refractivity contribution >= 4 is 21.4 Å².